The fourth-order valence-corrected chi connectivity index (χ4v) is 3.07. The monoisotopic (exact) mass is 347 g/mol. The fraction of sp³-hybridized carbons (Fsp3) is 0.375. The second-order valence-corrected chi connectivity index (χ2v) is 6.41. The Balaban J connectivity index is 1.81. The number of nitrogens with one attached hydrogen (secondary N) is 1. The lowest BCUT2D eigenvalue weighted by atomic mass is 10.1. The number of para-hydroxylation sites is 1. The van der Waals surface area contributed by atoms with Gasteiger partial charge < -0.3 is 10.2 Å². The van der Waals surface area contributed by atoms with Crippen molar-refractivity contribution in [1.29, 1.82) is 0 Å². The standard InChI is InChI=1S/C16H18ClN5O2/c1-10(2)21-7-11(6-14(21)23)16(24)20-13-5-3-4-12(17)15(13)22-9-18-8-19-22/h3-5,8-11H,6-7H2,1-2H3,(H,20,24). The van der Waals surface area contributed by atoms with Crippen molar-refractivity contribution in [3.8, 4) is 5.69 Å². The average Bonchev–Trinajstić information content (AvgIpc) is 3.16. The highest BCUT2D eigenvalue weighted by Gasteiger charge is 2.35. The second kappa shape index (κ2) is 6.60. The molecule has 1 atom stereocenters. The van der Waals surface area contributed by atoms with E-state index in [1.165, 1.54) is 17.3 Å². The molecule has 0 spiro atoms. The topological polar surface area (TPSA) is 80.1 Å². The number of aromatic nitrogens is 3. The first-order chi connectivity index (χ1) is 11.5. The smallest absolute Gasteiger partial charge is 0.229 e. The molecule has 2 amide bonds. The Bertz CT molecular complexity index is 760. The van der Waals surface area contributed by atoms with Crippen molar-refractivity contribution in [3.63, 3.8) is 0 Å². The summed E-state index contributed by atoms with van der Waals surface area (Å²) in [6, 6.07) is 5.30. The van der Waals surface area contributed by atoms with Crippen molar-refractivity contribution in [2.75, 3.05) is 11.9 Å². The van der Waals surface area contributed by atoms with Gasteiger partial charge in [0, 0.05) is 19.0 Å². The molecule has 7 nitrogen and oxygen atoms in total. The maximum Gasteiger partial charge on any atom is 0.229 e. The second-order valence-electron chi connectivity index (χ2n) is 6.01. The average molecular weight is 348 g/mol. The van der Waals surface area contributed by atoms with E-state index >= 15 is 0 Å². The number of nitrogens with zero attached hydrogens (tertiary/aromatic N) is 4. The van der Waals surface area contributed by atoms with Crippen molar-refractivity contribution in [2.24, 2.45) is 5.92 Å². The van der Waals surface area contributed by atoms with Crippen LogP contribution in [0.15, 0.2) is 30.9 Å². The summed E-state index contributed by atoms with van der Waals surface area (Å²) >= 11 is 6.25. The minimum absolute atomic E-state index is 0.00717. The van der Waals surface area contributed by atoms with Crippen LogP contribution >= 0.6 is 11.6 Å². The third kappa shape index (κ3) is 3.12. The summed E-state index contributed by atoms with van der Waals surface area (Å²) in [6.07, 6.45) is 3.13. The van der Waals surface area contributed by atoms with Crippen LogP contribution in [0, 0.1) is 5.92 Å². The minimum Gasteiger partial charge on any atom is -0.339 e. The molecule has 126 valence electrons. The van der Waals surface area contributed by atoms with Gasteiger partial charge >= 0.3 is 0 Å². The van der Waals surface area contributed by atoms with Gasteiger partial charge in [-0.3, -0.25) is 9.59 Å². The summed E-state index contributed by atoms with van der Waals surface area (Å²) in [5, 5.41) is 7.39. The molecule has 0 radical (unpaired) electrons. The Morgan fingerprint density at radius 2 is 2.21 bits per heavy atom. The van der Waals surface area contributed by atoms with Gasteiger partial charge in [0.15, 0.2) is 0 Å². The summed E-state index contributed by atoms with van der Waals surface area (Å²) in [6.45, 7) is 4.32. The van der Waals surface area contributed by atoms with E-state index in [0.717, 1.165) is 0 Å². The number of amides is 2. The van der Waals surface area contributed by atoms with E-state index in [4.69, 9.17) is 11.6 Å². The first kappa shape index (κ1) is 16.4. The molecular weight excluding hydrogens is 330 g/mol. The lowest BCUT2D eigenvalue weighted by molar-refractivity contribution is -0.129. The summed E-state index contributed by atoms with van der Waals surface area (Å²) in [4.78, 5) is 30.2. The first-order valence-electron chi connectivity index (χ1n) is 7.71. The van der Waals surface area contributed by atoms with Crippen LogP contribution in [0.5, 0.6) is 0 Å². The molecule has 1 aliphatic rings. The first-order valence-corrected chi connectivity index (χ1v) is 8.09. The van der Waals surface area contributed by atoms with Crippen LogP contribution in [0.2, 0.25) is 5.02 Å². The van der Waals surface area contributed by atoms with Gasteiger partial charge in [-0.15, -0.1) is 0 Å². The highest BCUT2D eigenvalue weighted by molar-refractivity contribution is 6.33. The molecule has 3 rings (SSSR count). The van der Waals surface area contributed by atoms with Crippen LogP contribution in [0.25, 0.3) is 5.69 Å². The van der Waals surface area contributed by atoms with Crippen LogP contribution in [0.3, 0.4) is 0 Å². The van der Waals surface area contributed by atoms with E-state index in [2.05, 4.69) is 15.4 Å². The molecule has 8 heteroatoms. The third-order valence-electron chi connectivity index (χ3n) is 4.05. The van der Waals surface area contributed by atoms with Crippen LogP contribution in [0.4, 0.5) is 5.69 Å². The molecule has 1 saturated heterocycles. The van der Waals surface area contributed by atoms with Crippen molar-refractivity contribution >= 4 is 29.1 Å². The fourth-order valence-electron chi connectivity index (χ4n) is 2.81. The van der Waals surface area contributed by atoms with Crippen molar-refractivity contribution in [2.45, 2.75) is 26.3 Å². The quantitative estimate of drug-likeness (QED) is 0.918. The number of likely N-dealkylation sites (tertiary alicyclic amines) is 1. The molecule has 0 bridgehead atoms. The highest BCUT2D eigenvalue weighted by atomic mass is 35.5. The number of anilines is 1. The molecule has 1 aromatic heterocycles. The van der Waals surface area contributed by atoms with Crippen molar-refractivity contribution < 1.29 is 9.59 Å². The third-order valence-corrected chi connectivity index (χ3v) is 4.35. The van der Waals surface area contributed by atoms with E-state index in [9.17, 15) is 9.59 Å². The van der Waals surface area contributed by atoms with E-state index in [-0.39, 0.29) is 30.2 Å². The number of halogens is 1. The Labute approximate surface area is 144 Å². The van der Waals surface area contributed by atoms with Crippen LogP contribution < -0.4 is 5.32 Å². The van der Waals surface area contributed by atoms with E-state index < -0.39 is 0 Å². The molecule has 24 heavy (non-hydrogen) atoms. The van der Waals surface area contributed by atoms with Gasteiger partial charge in [-0.1, -0.05) is 17.7 Å². The van der Waals surface area contributed by atoms with Crippen LogP contribution in [-0.4, -0.2) is 44.1 Å². The lowest BCUT2D eigenvalue weighted by Gasteiger charge is -2.21. The van der Waals surface area contributed by atoms with Gasteiger partial charge in [-0.2, -0.15) is 5.10 Å². The maximum atomic E-state index is 12.6. The van der Waals surface area contributed by atoms with Crippen LogP contribution in [0.1, 0.15) is 20.3 Å². The largest absolute Gasteiger partial charge is 0.339 e. The van der Waals surface area contributed by atoms with Crippen LogP contribution in [-0.2, 0) is 9.59 Å². The maximum absolute atomic E-state index is 12.6. The van der Waals surface area contributed by atoms with Crippen molar-refractivity contribution in [1.82, 2.24) is 19.7 Å². The number of carbonyl (C=O) groups excluding carboxylic acids is 2. The molecule has 1 fully saturated rings. The zero-order valence-electron chi connectivity index (χ0n) is 13.4. The predicted octanol–water partition coefficient (Wildman–Crippen LogP) is 2.12. The Hall–Kier alpha value is -2.41. The predicted molar refractivity (Wildman–Crippen MR) is 90.0 cm³/mol. The SMILES string of the molecule is CC(C)N1CC(C(=O)Nc2cccc(Cl)c2-n2cncn2)CC1=O. The number of hydrogen-bond acceptors (Lipinski definition) is 4. The zero-order valence-corrected chi connectivity index (χ0v) is 14.2. The molecule has 2 heterocycles. The summed E-state index contributed by atoms with van der Waals surface area (Å²) < 4.78 is 1.50. The Morgan fingerprint density at radius 1 is 1.42 bits per heavy atom. The van der Waals surface area contributed by atoms with Gasteiger partial charge in [0.25, 0.3) is 0 Å². The Kier molecular flexibility index (Phi) is 4.53. The molecule has 1 N–H and O–H groups in total. The highest BCUT2D eigenvalue weighted by Crippen LogP contribution is 2.29. The summed E-state index contributed by atoms with van der Waals surface area (Å²) in [7, 11) is 0. The summed E-state index contributed by atoms with van der Waals surface area (Å²) in [5.41, 5.74) is 1.09. The normalized spacial score (nSPS) is 17.6. The Morgan fingerprint density at radius 3 is 2.83 bits per heavy atom. The number of rotatable bonds is 4. The van der Waals surface area contributed by atoms with Gasteiger partial charge in [-0.05, 0) is 26.0 Å². The van der Waals surface area contributed by atoms with Gasteiger partial charge in [-0.25, -0.2) is 9.67 Å². The van der Waals surface area contributed by atoms with Gasteiger partial charge in [0.05, 0.1) is 16.6 Å². The van der Waals surface area contributed by atoms with Gasteiger partial charge in [0.1, 0.15) is 18.3 Å². The number of hydrogen-bond donors (Lipinski definition) is 1. The molecule has 0 saturated carbocycles. The molecule has 0 aliphatic carbocycles. The lowest BCUT2D eigenvalue weighted by Crippen LogP contribution is -2.33. The molecular formula is C16H18ClN5O2. The zero-order chi connectivity index (χ0) is 17.3. The molecule has 1 aliphatic heterocycles. The van der Waals surface area contributed by atoms with Crippen molar-refractivity contribution in [3.05, 3.63) is 35.9 Å². The molecule has 1 unspecified atom stereocenters. The van der Waals surface area contributed by atoms with Gasteiger partial charge in [0.2, 0.25) is 11.8 Å². The molecule has 2 aromatic rings. The number of carbonyl (C=O) groups is 2. The minimum atomic E-state index is -0.373. The summed E-state index contributed by atoms with van der Waals surface area (Å²) in [5.74, 6) is -0.564. The van der Waals surface area contributed by atoms with E-state index in [1.807, 2.05) is 13.8 Å². The number of benzene rings is 1. The molecule has 1 aromatic carbocycles. The van der Waals surface area contributed by atoms with E-state index in [0.29, 0.717) is 22.9 Å². The van der Waals surface area contributed by atoms with E-state index in [1.54, 1.807) is 23.1 Å².